The van der Waals surface area contributed by atoms with Gasteiger partial charge in [0.05, 0.1) is 7.11 Å². The quantitative estimate of drug-likeness (QED) is 0.510. The van der Waals surface area contributed by atoms with E-state index in [2.05, 4.69) is 10.0 Å². The first-order valence-corrected chi connectivity index (χ1v) is 11.2. The first-order valence-electron chi connectivity index (χ1n) is 9.62. The monoisotopic (exact) mass is 446 g/mol. The fourth-order valence-corrected chi connectivity index (χ4v) is 3.25. The third-order valence-corrected chi connectivity index (χ3v) is 5.25. The van der Waals surface area contributed by atoms with Crippen molar-refractivity contribution in [2.75, 3.05) is 20.2 Å². The molecule has 0 aliphatic carbocycles. The molecule has 166 valence electrons. The number of ether oxygens (including phenoxy) is 2. The predicted molar refractivity (Wildman–Crippen MR) is 118 cm³/mol. The lowest BCUT2D eigenvalue weighted by molar-refractivity contribution is -0.153. The fourth-order valence-electron chi connectivity index (χ4n) is 2.50. The van der Waals surface area contributed by atoms with Crippen LogP contribution in [0.2, 0.25) is 0 Å². The van der Waals surface area contributed by atoms with Gasteiger partial charge in [-0.2, -0.15) is 0 Å². The molecule has 0 aromatic heterocycles. The van der Waals surface area contributed by atoms with Gasteiger partial charge in [-0.1, -0.05) is 42.5 Å². The average Bonchev–Trinajstić information content (AvgIpc) is 2.77. The zero-order valence-electron chi connectivity index (χ0n) is 17.4. The molecule has 0 aliphatic heterocycles. The lowest BCUT2D eigenvalue weighted by Crippen LogP contribution is -2.39. The van der Waals surface area contributed by atoms with Gasteiger partial charge in [0.25, 0.3) is 5.91 Å². The van der Waals surface area contributed by atoms with Gasteiger partial charge in [0.2, 0.25) is 10.0 Å². The Kier molecular flexibility index (Phi) is 9.23. The second-order valence-electron chi connectivity index (χ2n) is 6.60. The Morgan fingerprint density at radius 3 is 2.39 bits per heavy atom. The molecule has 2 rings (SSSR count). The molecule has 2 N–H and O–H groups in total. The highest BCUT2D eigenvalue weighted by atomic mass is 32.2. The minimum Gasteiger partial charge on any atom is -0.497 e. The maximum absolute atomic E-state index is 12.1. The molecule has 0 aliphatic rings. The van der Waals surface area contributed by atoms with Gasteiger partial charge in [0.1, 0.15) is 12.3 Å². The Labute approximate surface area is 182 Å². The number of carbonyl (C=O) groups is 2. The van der Waals surface area contributed by atoms with E-state index >= 15 is 0 Å². The number of rotatable bonds is 11. The third kappa shape index (κ3) is 9.02. The summed E-state index contributed by atoms with van der Waals surface area (Å²) in [6, 6.07) is 16.3. The number of sulfonamides is 1. The van der Waals surface area contributed by atoms with Gasteiger partial charge < -0.3 is 14.8 Å². The van der Waals surface area contributed by atoms with E-state index in [4.69, 9.17) is 9.47 Å². The van der Waals surface area contributed by atoms with E-state index in [0.717, 1.165) is 16.7 Å². The molecule has 0 fully saturated rings. The Morgan fingerprint density at radius 2 is 1.74 bits per heavy atom. The number of hydrogen-bond acceptors (Lipinski definition) is 6. The molecule has 0 bridgehead atoms. The van der Waals surface area contributed by atoms with Crippen LogP contribution in [-0.2, 0) is 30.8 Å². The van der Waals surface area contributed by atoms with Gasteiger partial charge >= 0.3 is 5.97 Å². The van der Waals surface area contributed by atoms with Crippen molar-refractivity contribution in [1.82, 2.24) is 10.0 Å². The van der Waals surface area contributed by atoms with E-state index in [0.29, 0.717) is 18.5 Å². The van der Waals surface area contributed by atoms with Crippen molar-refractivity contribution < 1.29 is 27.5 Å². The van der Waals surface area contributed by atoms with E-state index in [9.17, 15) is 18.0 Å². The molecule has 1 amide bonds. The molecule has 0 saturated carbocycles. The van der Waals surface area contributed by atoms with Gasteiger partial charge in [0.15, 0.2) is 6.10 Å². The molecule has 2 aromatic rings. The number of nitrogens with one attached hydrogen (secondary N) is 2. The average molecular weight is 447 g/mol. The molecule has 31 heavy (non-hydrogen) atoms. The van der Waals surface area contributed by atoms with Gasteiger partial charge in [0, 0.05) is 12.0 Å². The van der Waals surface area contributed by atoms with E-state index in [1.165, 1.54) is 13.0 Å². The minimum atomic E-state index is -3.82. The van der Waals surface area contributed by atoms with Crippen LogP contribution in [0.1, 0.15) is 18.1 Å². The lowest BCUT2D eigenvalue weighted by atomic mass is 10.1. The molecule has 0 radical (unpaired) electrons. The second-order valence-corrected chi connectivity index (χ2v) is 8.25. The van der Waals surface area contributed by atoms with Crippen molar-refractivity contribution in [3.05, 3.63) is 71.1 Å². The standard InChI is InChI=1S/C22H26N2O6S/c1-17(22(26)23-14-12-19-8-10-20(29-2)11-9-19)30-21(25)16-24-31(27,28)15-13-18-6-4-3-5-7-18/h3-11,13,15,17,24H,12,14,16H2,1-2H3,(H,23,26)/b15-13+. The normalized spacial score (nSPS) is 12.3. The lowest BCUT2D eigenvalue weighted by Gasteiger charge is -2.13. The Hall–Kier alpha value is -3.17. The van der Waals surface area contributed by atoms with E-state index < -0.39 is 34.5 Å². The van der Waals surface area contributed by atoms with Gasteiger partial charge in [-0.05, 0) is 42.7 Å². The molecule has 8 nitrogen and oxygen atoms in total. The van der Waals surface area contributed by atoms with Crippen LogP contribution in [0.3, 0.4) is 0 Å². The molecule has 2 aromatic carbocycles. The minimum absolute atomic E-state index is 0.365. The Bertz CT molecular complexity index is 988. The second kappa shape index (κ2) is 11.9. The smallest absolute Gasteiger partial charge is 0.321 e. The maximum atomic E-state index is 12.1. The first kappa shape index (κ1) is 24.1. The summed E-state index contributed by atoms with van der Waals surface area (Å²) in [7, 11) is -2.23. The van der Waals surface area contributed by atoms with Crippen LogP contribution in [0.5, 0.6) is 5.75 Å². The summed E-state index contributed by atoms with van der Waals surface area (Å²) in [5, 5.41) is 3.64. The number of esters is 1. The van der Waals surface area contributed by atoms with Gasteiger partial charge in [-0.25, -0.2) is 13.1 Å². The molecule has 9 heteroatoms. The molecular formula is C22H26N2O6S. The molecule has 0 spiro atoms. The molecule has 1 atom stereocenters. The summed E-state index contributed by atoms with van der Waals surface area (Å²) in [5.41, 5.74) is 1.72. The van der Waals surface area contributed by atoms with E-state index in [1.54, 1.807) is 31.4 Å². The Balaban J connectivity index is 1.71. The number of carbonyl (C=O) groups excluding carboxylic acids is 2. The summed E-state index contributed by atoms with van der Waals surface area (Å²) in [6.45, 7) is 1.21. The van der Waals surface area contributed by atoms with Crippen LogP contribution in [-0.4, -0.2) is 46.6 Å². The molecule has 1 unspecified atom stereocenters. The van der Waals surface area contributed by atoms with E-state index in [-0.39, 0.29) is 0 Å². The molecular weight excluding hydrogens is 420 g/mol. The highest BCUT2D eigenvalue weighted by Gasteiger charge is 2.18. The largest absolute Gasteiger partial charge is 0.497 e. The highest BCUT2D eigenvalue weighted by Crippen LogP contribution is 2.11. The molecule has 0 saturated heterocycles. The summed E-state index contributed by atoms with van der Waals surface area (Å²) in [4.78, 5) is 23.9. The van der Waals surface area contributed by atoms with Crippen LogP contribution in [0.15, 0.2) is 60.0 Å². The summed E-state index contributed by atoms with van der Waals surface area (Å²) >= 11 is 0. The van der Waals surface area contributed by atoms with Gasteiger partial charge in [-0.3, -0.25) is 9.59 Å². The van der Waals surface area contributed by atoms with Gasteiger partial charge in [-0.15, -0.1) is 0 Å². The zero-order chi connectivity index (χ0) is 22.7. The first-order chi connectivity index (χ1) is 14.8. The van der Waals surface area contributed by atoms with Crippen LogP contribution < -0.4 is 14.8 Å². The number of methoxy groups -OCH3 is 1. The SMILES string of the molecule is COc1ccc(CCNC(=O)C(C)OC(=O)CNS(=O)(=O)/C=C/c2ccccc2)cc1. The van der Waals surface area contributed by atoms with Crippen LogP contribution in [0.25, 0.3) is 6.08 Å². The number of amides is 1. The van der Waals surface area contributed by atoms with Crippen molar-refractivity contribution in [3.8, 4) is 5.75 Å². The molecule has 0 heterocycles. The summed E-state index contributed by atoms with van der Waals surface area (Å²) in [6.07, 6.45) is 0.962. The zero-order valence-corrected chi connectivity index (χ0v) is 18.2. The highest BCUT2D eigenvalue weighted by molar-refractivity contribution is 7.92. The van der Waals surface area contributed by atoms with E-state index in [1.807, 2.05) is 30.3 Å². The van der Waals surface area contributed by atoms with Crippen molar-refractivity contribution in [2.24, 2.45) is 0 Å². The number of benzene rings is 2. The van der Waals surface area contributed by atoms with Crippen LogP contribution in [0.4, 0.5) is 0 Å². The fraction of sp³-hybridized carbons (Fsp3) is 0.273. The van der Waals surface area contributed by atoms with Crippen molar-refractivity contribution in [1.29, 1.82) is 0 Å². The maximum Gasteiger partial charge on any atom is 0.321 e. The number of hydrogen-bond donors (Lipinski definition) is 2. The van der Waals surface area contributed by atoms with Crippen LogP contribution in [0, 0.1) is 0 Å². The summed E-state index contributed by atoms with van der Waals surface area (Å²) < 4.78 is 36.1. The van der Waals surface area contributed by atoms with Crippen molar-refractivity contribution in [2.45, 2.75) is 19.4 Å². The topological polar surface area (TPSA) is 111 Å². The Morgan fingerprint density at radius 1 is 1.06 bits per heavy atom. The third-order valence-electron chi connectivity index (χ3n) is 4.21. The summed E-state index contributed by atoms with van der Waals surface area (Å²) in [5.74, 6) is -0.567. The van der Waals surface area contributed by atoms with Crippen molar-refractivity contribution >= 4 is 28.0 Å². The van der Waals surface area contributed by atoms with Crippen LogP contribution >= 0.6 is 0 Å². The van der Waals surface area contributed by atoms with Crippen molar-refractivity contribution in [3.63, 3.8) is 0 Å². The predicted octanol–water partition coefficient (Wildman–Crippen LogP) is 1.88.